The molecule has 0 radical (unpaired) electrons. The molecule has 4 nitrogen and oxygen atoms in total. The van der Waals surface area contributed by atoms with Gasteiger partial charge < -0.3 is 15.5 Å². The molecule has 1 aromatic carbocycles. The number of alkyl halides is 3. The third-order valence-electron chi connectivity index (χ3n) is 2.86. The number of halogens is 4. The number of hydrogen-bond donors (Lipinski definition) is 2. The maximum atomic E-state index is 12.0. The first-order valence-electron chi connectivity index (χ1n) is 6.70. The summed E-state index contributed by atoms with van der Waals surface area (Å²) in [5.74, 6) is 0.376. The van der Waals surface area contributed by atoms with Gasteiger partial charge in [-0.2, -0.15) is 13.2 Å². The second-order valence-electron chi connectivity index (χ2n) is 4.55. The van der Waals surface area contributed by atoms with Crippen LogP contribution >= 0.6 is 24.0 Å². The second-order valence-corrected chi connectivity index (χ2v) is 4.55. The zero-order valence-electron chi connectivity index (χ0n) is 12.7. The highest BCUT2D eigenvalue weighted by atomic mass is 127. The quantitative estimate of drug-likeness (QED) is 0.415. The minimum Gasteiger partial charge on any atom is -0.373 e. The van der Waals surface area contributed by atoms with Crippen molar-refractivity contribution in [2.75, 3.05) is 38.6 Å². The maximum absolute atomic E-state index is 12.0. The van der Waals surface area contributed by atoms with E-state index in [1.54, 1.807) is 0 Å². The van der Waals surface area contributed by atoms with Gasteiger partial charge in [-0.1, -0.05) is 18.2 Å². The van der Waals surface area contributed by atoms with E-state index in [9.17, 15) is 13.2 Å². The van der Waals surface area contributed by atoms with Crippen LogP contribution in [-0.4, -0.2) is 45.9 Å². The van der Waals surface area contributed by atoms with Crippen molar-refractivity contribution in [1.29, 1.82) is 0 Å². The van der Waals surface area contributed by atoms with Crippen molar-refractivity contribution < 1.29 is 13.2 Å². The molecule has 0 bridgehead atoms. The van der Waals surface area contributed by atoms with E-state index >= 15 is 0 Å². The molecule has 0 aliphatic rings. The Hall–Kier alpha value is -1.19. The topological polar surface area (TPSA) is 39.7 Å². The van der Waals surface area contributed by atoms with Gasteiger partial charge in [-0.05, 0) is 12.1 Å². The van der Waals surface area contributed by atoms with Crippen molar-refractivity contribution in [2.45, 2.75) is 12.6 Å². The molecule has 0 fully saturated rings. The standard InChI is InChI=1S/C14H21F3N4.HI/c1-18-13(19-9-8-14(15,16)17)20-10-11-21(2)12-6-4-3-5-7-12;/h3-7H,8-11H2,1-2H3,(H2,18,19,20);1H. The molecule has 0 saturated heterocycles. The third-order valence-corrected chi connectivity index (χ3v) is 2.86. The van der Waals surface area contributed by atoms with E-state index in [0.29, 0.717) is 19.0 Å². The Morgan fingerprint density at radius 3 is 2.27 bits per heavy atom. The number of aliphatic imine (C=N–C) groups is 1. The number of rotatable bonds is 6. The van der Waals surface area contributed by atoms with E-state index in [1.165, 1.54) is 7.05 Å². The Labute approximate surface area is 146 Å². The van der Waals surface area contributed by atoms with E-state index in [-0.39, 0.29) is 30.5 Å². The number of anilines is 1. The van der Waals surface area contributed by atoms with Gasteiger partial charge in [-0.15, -0.1) is 24.0 Å². The van der Waals surface area contributed by atoms with E-state index in [4.69, 9.17) is 0 Å². The van der Waals surface area contributed by atoms with Gasteiger partial charge in [0, 0.05) is 39.4 Å². The molecule has 0 saturated carbocycles. The van der Waals surface area contributed by atoms with Crippen LogP contribution in [0.25, 0.3) is 0 Å². The Morgan fingerprint density at radius 1 is 1.14 bits per heavy atom. The van der Waals surface area contributed by atoms with E-state index < -0.39 is 12.6 Å². The summed E-state index contributed by atoms with van der Waals surface area (Å²) in [6, 6.07) is 9.85. The molecule has 0 spiro atoms. The van der Waals surface area contributed by atoms with Gasteiger partial charge in [0.2, 0.25) is 0 Å². The van der Waals surface area contributed by atoms with Crippen LogP contribution in [0.15, 0.2) is 35.3 Å². The SMILES string of the molecule is CN=C(NCCN(C)c1ccccc1)NCCC(F)(F)F.I. The fourth-order valence-corrected chi connectivity index (χ4v) is 1.70. The second kappa shape index (κ2) is 10.5. The molecule has 0 amide bonds. The summed E-state index contributed by atoms with van der Waals surface area (Å²) in [5, 5.41) is 5.63. The molecule has 0 atom stereocenters. The van der Waals surface area contributed by atoms with E-state index in [1.807, 2.05) is 37.4 Å². The van der Waals surface area contributed by atoms with Crippen molar-refractivity contribution in [3.8, 4) is 0 Å². The first kappa shape index (κ1) is 20.8. The lowest BCUT2D eigenvalue weighted by Crippen LogP contribution is -2.42. The molecule has 1 rings (SSSR count). The number of benzene rings is 1. The zero-order chi connectivity index (χ0) is 15.7. The molecular formula is C14H22F3IN4. The summed E-state index contributed by atoms with van der Waals surface area (Å²) >= 11 is 0. The predicted octanol–water partition coefficient (Wildman–Crippen LogP) is 2.86. The molecular weight excluding hydrogens is 408 g/mol. The van der Waals surface area contributed by atoms with Crippen LogP contribution in [0.1, 0.15) is 6.42 Å². The van der Waals surface area contributed by atoms with Crippen molar-refractivity contribution in [3.63, 3.8) is 0 Å². The van der Waals surface area contributed by atoms with Crippen molar-refractivity contribution in [3.05, 3.63) is 30.3 Å². The number of likely N-dealkylation sites (N-methyl/N-ethyl adjacent to an activating group) is 1. The van der Waals surface area contributed by atoms with Crippen molar-refractivity contribution in [2.24, 2.45) is 4.99 Å². The summed E-state index contributed by atoms with van der Waals surface area (Å²) in [6.45, 7) is 1.11. The lowest BCUT2D eigenvalue weighted by Gasteiger charge is -2.20. The summed E-state index contributed by atoms with van der Waals surface area (Å²) in [6.07, 6.45) is -5.03. The zero-order valence-corrected chi connectivity index (χ0v) is 15.0. The highest BCUT2D eigenvalue weighted by molar-refractivity contribution is 14.0. The minimum atomic E-state index is -4.15. The minimum absolute atomic E-state index is 0. The Bertz CT molecular complexity index is 437. The highest BCUT2D eigenvalue weighted by Gasteiger charge is 2.26. The Balaban J connectivity index is 0.00000441. The monoisotopic (exact) mass is 430 g/mol. The number of hydrogen-bond acceptors (Lipinski definition) is 2. The molecule has 22 heavy (non-hydrogen) atoms. The van der Waals surface area contributed by atoms with Gasteiger partial charge in [-0.25, -0.2) is 0 Å². The smallest absolute Gasteiger partial charge is 0.373 e. The largest absolute Gasteiger partial charge is 0.390 e. The molecule has 0 aliphatic carbocycles. The maximum Gasteiger partial charge on any atom is 0.390 e. The van der Waals surface area contributed by atoms with Gasteiger partial charge in [0.1, 0.15) is 0 Å². The molecule has 126 valence electrons. The molecule has 0 aliphatic heterocycles. The number of guanidine groups is 1. The van der Waals surface area contributed by atoms with Crippen LogP contribution in [0, 0.1) is 0 Å². The average molecular weight is 430 g/mol. The molecule has 0 unspecified atom stereocenters. The highest BCUT2D eigenvalue weighted by Crippen LogP contribution is 2.18. The third kappa shape index (κ3) is 8.96. The van der Waals surface area contributed by atoms with Crippen molar-refractivity contribution >= 4 is 35.6 Å². The van der Waals surface area contributed by atoms with Crippen molar-refractivity contribution in [1.82, 2.24) is 10.6 Å². The number of para-hydroxylation sites is 1. The predicted molar refractivity (Wildman–Crippen MR) is 95.2 cm³/mol. The van der Waals surface area contributed by atoms with Gasteiger partial charge in [-0.3, -0.25) is 4.99 Å². The summed E-state index contributed by atoms with van der Waals surface area (Å²) in [4.78, 5) is 5.94. The lowest BCUT2D eigenvalue weighted by molar-refractivity contribution is -0.132. The van der Waals surface area contributed by atoms with Crippen LogP contribution in [0.3, 0.4) is 0 Å². The molecule has 1 aromatic rings. The van der Waals surface area contributed by atoms with Gasteiger partial charge >= 0.3 is 6.18 Å². The molecule has 0 heterocycles. The van der Waals surface area contributed by atoms with E-state index in [0.717, 1.165) is 5.69 Å². The Morgan fingerprint density at radius 2 is 1.73 bits per heavy atom. The summed E-state index contributed by atoms with van der Waals surface area (Å²) in [7, 11) is 3.49. The molecule has 8 heteroatoms. The normalized spacial score (nSPS) is 11.6. The summed E-state index contributed by atoms with van der Waals surface area (Å²) < 4.78 is 36.1. The molecule has 0 aromatic heterocycles. The lowest BCUT2D eigenvalue weighted by atomic mass is 10.3. The molecule has 2 N–H and O–H groups in total. The van der Waals surface area contributed by atoms with E-state index in [2.05, 4.69) is 20.5 Å². The van der Waals surface area contributed by atoms with Crippen LogP contribution < -0.4 is 15.5 Å². The fraction of sp³-hybridized carbons (Fsp3) is 0.500. The van der Waals surface area contributed by atoms with Crippen LogP contribution in [0.4, 0.5) is 18.9 Å². The van der Waals surface area contributed by atoms with Gasteiger partial charge in [0.15, 0.2) is 5.96 Å². The summed E-state index contributed by atoms with van der Waals surface area (Å²) in [5.41, 5.74) is 1.08. The van der Waals surface area contributed by atoms with Crippen LogP contribution in [-0.2, 0) is 0 Å². The first-order valence-corrected chi connectivity index (χ1v) is 6.70. The van der Waals surface area contributed by atoms with Crippen LogP contribution in [0.2, 0.25) is 0 Å². The first-order chi connectivity index (χ1) is 9.92. The number of nitrogens with zero attached hydrogens (tertiary/aromatic N) is 2. The number of nitrogens with one attached hydrogen (secondary N) is 2. The fourth-order valence-electron chi connectivity index (χ4n) is 1.70. The average Bonchev–Trinajstić information content (AvgIpc) is 2.45. The van der Waals surface area contributed by atoms with Gasteiger partial charge in [0.25, 0.3) is 0 Å². The van der Waals surface area contributed by atoms with Crippen LogP contribution in [0.5, 0.6) is 0 Å². The Kier molecular flexibility index (Phi) is 9.95. The van der Waals surface area contributed by atoms with Gasteiger partial charge in [0.05, 0.1) is 6.42 Å².